The molecule has 3 nitrogen and oxygen atoms in total. The summed E-state index contributed by atoms with van der Waals surface area (Å²) in [5, 5.41) is 13.2. The fourth-order valence-corrected chi connectivity index (χ4v) is 2.98. The molecule has 0 aliphatic heterocycles. The number of ether oxygens (including phenoxy) is 1. The van der Waals surface area contributed by atoms with Crippen LogP contribution >= 0.6 is 0 Å². The Morgan fingerprint density at radius 3 is 2.86 bits per heavy atom. The van der Waals surface area contributed by atoms with Crippen molar-refractivity contribution in [3.63, 3.8) is 0 Å². The average molecular weight is 278 g/mol. The molecule has 0 spiro atoms. The molecule has 3 rings (SSSR count). The third-order valence-electron chi connectivity index (χ3n) is 4.11. The number of hydrogen-bond acceptors (Lipinski definition) is 3. The lowest BCUT2D eigenvalue weighted by Gasteiger charge is -2.25. The van der Waals surface area contributed by atoms with Gasteiger partial charge in [0.15, 0.2) is 5.54 Å². The molecular formula is C18H18N2O. The van der Waals surface area contributed by atoms with Gasteiger partial charge in [0, 0.05) is 11.8 Å². The quantitative estimate of drug-likeness (QED) is 0.929. The maximum Gasteiger partial charge on any atom is 0.151 e. The largest absolute Gasteiger partial charge is 0.497 e. The summed E-state index contributed by atoms with van der Waals surface area (Å²) in [5.74, 6) is 0.788. The highest BCUT2D eigenvalue weighted by atomic mass is 16.5. The van der Waals surface area contributed by atoms with Gasteiger partial charge in [0.25, 0.3) is 0 Å². The molecule has 2 aromatic rings. The number of nitrogens with zero attached hydrogens (tertiary/aromatic N) is 1. The van der Waals surface area contributed by atoms with Gasteiger partial charge in [-0.3, -0.25) is 0 Å². The molecular weight excluding hydrogens is 260 g/mol. The van der Waals surface area contributed by atoms with Crippen molar-refractivity contribution >= 4 is 5.69 Å². The topological polar surface area (TPSA) is 45.0 Å². The Hall–Kier alpha value is -2.47. The minimum Gasteiger partial charge on any atom is -0.497 e. The van der Waals surface area contributed by atoms with Gasteiger partial charge >= 0.3 is 0 Å². The van der Waals surface area contributed by atoms with E-state index >= 15 is 0 Å². The number of nitriles is 1. The number of anilines is 1. The van der Waals surface area contributed by atoms with E-state index in [9.17, 15) is 5.26 Å². The minimum atomic E-state index is -0.645. The van der Waals surface area contributed by atoms with Gasteiger partial charge in [-0.25, -0.2) is 0 Å². The number of benzene rings is 2. The third kappa shape index (κ3) is 2.34. The Balaban J connectivity index is 2.00. The molecule has 0 fully saturated rings. The molecule has 0 aromatic heterocycles. The fourth-order valence-electron chi connectivity index (χ4n) is 2.98. The van der Waals surface area contributed by atoms with Gasteiger partial charge < -0.3 is 10.1 Å². The SMILES string of the molecule is COc1cccc(NC2(C#N)CCc3ccc(C)cc32)c1. The van der Waals surface area contributed by atoms with Crippen LogP contribution in [-0.4, -0.2) is 7.11 Å². The Labute approximate surface area is 125 Å². The number of fused-ring (bicyclic) bond motifs is 1. The van der Waals surface area contributed by atoms with Gasteiger partial charge in [-0.05, 0) is 43.0 Å². The lowest BCUT2D eigenvalue weighted by atomic mass is 9.92. The summed E-state index contributed by atoms with van der Waals surface area (Å²) in [6.07, 6.45) is 1.72. The number of nitrogens with one attached hydrogen (secondary N) is 1. The van der Waals surface area contributed by atoms with Crippen LogP contribution < -0.4 is 10.1 Å². The van der Waals surface area contributed by atoms with Crippen molar-refractivity contribution in [3.05, 3.63) is 59.2 Å². The average Bonchev–Trinajstić information content (AvgIpc) is 2.86. The van der Waals surface area contributed by atoms with Crippen molar-refractivity contribution in [2.75, 3.05) is 12.4 Å². The third-order valence-corrected chi connectivity index (χ3v) is 4.11. The van der Waals surface area contributed by atoms with Gasteiger partial charge in [-0.2, -0.15) is 5.26 Å². The van der Waals surface area contributed by atoms with E-state index in [4.69, 9.17) is 4.74 Å². The van der Waals surface area contributed by atoms with Crippen molar-refractivity contribution < 1.29 is 4.74 Å². The van der Waals surface area contributed by atoms with E-state index in [-0.39, 0.29) is 0 Å². The summed E-state index contributed by atoms with van der Waals surface area (Å²) >= 11 is 0. The van der Waals surface area contributed by atoms with Gasteiger partial charge in [0.2, 0.25) is 0 Å². The first-order valence-corrected chi connectivity index (χ1v) is 7.10. The molecule has 2 aromatic carbocycles. The maximum atomic E-state index is 9.80. The molecule has 0 heterocycles. The molecule has 106 valence electrons. The van der Waals surface area contributed by atoms with E-state index in [1.165, 1.54) is 11.1 Å². The van der Waals surface area contributed by atoms with Crippen LogP contribution in [0.4, 0.5) is 5.69 Å². The Bertz CT molecular complexity index is 717. The van der Waals surface area contributed by atoms with Crippen molar-refractivity contribution in [2.24, 2.45) is 0 Å². The summed E-state index contributed by atoms with van der Waals surface area (Å²) in [6.45, 7) is 2.06. The Kier molecular flexibility index (Phi) is 3.31. The van der Waals surface area contributed by atoms with E-state index in [0.29, 0.717) is 0 Å². The molecule has 1 unspecified atom stereocenters. The highest BCUT2D eigenvalue weighted by Crippen LogP contribution is 2.40. The first-order chi connectivity index (χ1) is 10.2. The van der Waals surface area contributed by atoms with Crippen molar-refractivity contribution in [3.8, 4) is 11.8 Å². The van der Waals surface area contributed by atoms with Crippen molar-refractivity contribution in [1.29, 1.82) is 5.26 Å². The molecule has 1 aliphatic rings. The van der Waals surface area contributed by atoms with Crippen LogP contribution in [0.3, 0.4) is 0 Å². The second-order valence-corrected chi connectivity index (χ2v) is 5.53. The molecule has 0 bridgehead atoms. The monoisotopic (exact) mass is 278 g/mol. The highest BCUT2D eigenvalue weighted by molar-refractivity contribution is 5.57. The molecule has 1 atom stereocenters. The summed E-state index contributed by atoms with van der Waals surface area (Å²) in [5.41, 5.74) is 3.81. The smallest absolute Gasteiger partial charge is 0.151 e. The van der Waals surface area contributed by atoms with E-state index in [1.54, 1.807) is 7.11 Å². The van der Waals surface area contributed by atoms with E-state index < -0.39 is 5.54 Å². The minimum absolute atomic E-state index is 0.645. The van der Waals surface area contributed by atoms with Crippen LogP contribution in [0.1, 0.15) is 23.1 Å². The van der Waals surface area contributed by atoms with Crippen LogP contribution in [0.25, 0.3) is 0 Å². The predicted octanol–water partition coefficient (Wildman–Crippen LogP) is 3.78. The lowest BCUT2D eigenvalue weighted by Crippen LogP contribution is -2.31. The summed E-state index contributed by atoms with van der Waals surface area (Å²) < 4.78 is 5.25. The molecule has 0 amide bonds. The van der Waals surface area contributed by atoms with Crippen LogP contribution in [0.5, 0.6) is 5.75 Å². The zero-order valence-corrected chi connectivity index (χ0v) is 12.3. The standard InChI is InChI=1S/C18H18N2O/c1-13-6-7-14-8-9-18(12-19,17(14)10-13)20-15-4-3-5-16(11-15)21-2/h3-7,10-11,20H,8-9H2,1-2H3. The predicted molar refractivity (Wildman–Crippen MR) is 83.4 cm³/mol. The zero-order chi connectivity index (χ0) is 14.9. The van der Waals surface area contributed by atoms with E-state index in [0.717, 1.165) is 29.8 Å². The number of aryl methyl sites for hydroxylation is 2. The van der Waals surface area contributed by atoms with E-state index in [1.807, 2.05) is 24.3 Å². The van der Waals surface area contributed by atoms with E-state index in [2.05, 4.69) is 36.5 Å². The molecule has 1 N–H and O–H groups in total. The molecule has 0 saturated heterocycles. The first-order valence-electron chi connectivity index (χ1n) is 7.10. The van der Waals surface area contributed by atoms with Crippen LogP contribution in [0.15, 0.2) is 42.5 Å². The van der Waals surface area contributed by atoms with Crippen molar-refractivity contribution in [1.82, 2.24) is 0 Å². The van der Waals surface area contributed by atoms with Gasteiger partial charge in [-0.1, -0.05) is 29.8 Å². The molecule has 3 heteroatoms. The summed E-state index contributed by atoms with van der Waals surface area (Å²) in [4.78, 5) is 0. The second-order valence-electron chi connectivity index (χ2n) is 5.53. The highest BCUT2D eigenvalue weighted by Gasteiger charge is 2.39. The molecule has 21 heavy (non-hydrogen) atoms. The lowest BCUT2D eigenvalue weighted by molar-refractivity contribution is 0.415. The van der Waals surface area contributed by atoms with Gasteiger partial charge in [0.05, 0.1) is 13.2 Å². The van der Waals surface area contributed by atoms with Crippen LogP contribution in [0.2, 0.25) is 0 Å². The number of methoxy groups -OCH3 is 1. The second kappa shape index (κ2) is 5.14. The zero-order valence-electron chi connectivity index (χ0n) is 12.3. The summed E-state index contributed by atoms with van der Waals surface area (Å²) in [6, 6.07) is 16.6. The van der Waals surface area contributed by atoms with Crippen molar-refractivity contribution in [2.45, 2.75) is 25.3 Å². The van der Waals surface area contributed by atoms with Gasteiger partial charge in [0.1, 0.15) is 5.75 Å². The molecule has 1 aliphatic carbocycles. The van der Waals surface area contributed by atoms with Crippen LogP contribution in [-0.2, 0) is 12.0 Å². The van der Waals surface area contributed by atoms with Crippen LogP contribution in [0, 0.1) is 18.3 Å². The normalized spacial score (nSPS) is 19.7. The first kappa shape index (κ1) is 13.5. The molecule has 0 saturated carbocycles. The van der Waals surface area contributed by atoms with Gasteiger partial charge in [-0.15, -0.1) is 0 Å². The number of rotatable bonds is 3. The molecule has 0 radical (unpaired) electrons. The fraction of sp³-hybridized carbons (Fsp3) is 0.278. The number of hydrogen-bond donors (Lipinski definition) is 1. The maximum absolute atomic E-state index is 9.80. The summed E-state index contributed by atoms with van der Waals surface area (Å²) in [7, 11) is 1.65. The Morgan fingerprint density at radius 1 is 1.24 bits per heavy atom. The Morgan fingerprint density at radius 2 is 2.10 bits per heavy atom.